The van der Waals surface area contributed by atoms with Gasteiger partial charge in [0.15, 0.2) is 10.9 Å². The van der Waals surface area contributed by atoms with Gasteiger partial charge in [-0.1, -0.05) is 18.2 Å². The zero-order chi connectivity index (χ0) is 13.2. The SMILES string of the molecule is C=CCNC(=S)/N=C1\N=S(C)(=O)c2ccccc21. The number of benzene rings is 1. The molecular formula is C12H13N3OS2. The minimum Gasteiger partial charge on any atom is -0.357 e. The molecule has 0 radical (unpaired) electrons. The number of amidine groups is 1. The Morgan fingerprint density at radius 1 is 1.61 bits per heavy atom. The quantitative estimate of drug-likeness (QED) is 0.665. The van der Waals surface area contributed by atoms with Crippen LogP contribution in [0.2, 0.25) is 0 Å². The fourth-order valence-corrected chi connectivity index (χ4v) is 3.26. The highest BCUT2D eigenvalue weighted by Crippen LogP contribution is 2.25. The van der Waals surface area contributed by atoms with Crippen LogP contribution < -0.4 is 5.32 Å². The molecule has 0 spiro atoms. The fourth-order valence-electron chi connectivity index (χ4n) is 1.62. The van der Waals surface area contributed by atoms with Gasteiger partial charge < -0.3 is 5.32 Å². The number of nitrogens with one attached hydrogen (secondary N) is 1. The van der Waals surface area contributed by atoms with E-state index in [4.69, 9.17) is 12.2 Å². The highest BCUT2D eigenvalue weighted by atomic mass is 32.2. The number of nitrogens with zero attached hydrogens (tertiary/aromatic N) is 2. The van der Waals surface area contributed by atoms with Crippen LogP contribution in [0.3, 0.4) is 0 Å². The molecule has 0 saturated heterocycles. The first-order valence-corrected chi connectivity index (χ1v) is 7.67. The van der Waals surface area contributed by atoms with Crippen molar-refractivity contribution in [3.05, 3.63) is 42.5 Å². The Kier molecular flexibility index (Phi) is 3.58. The highest BCUT2D eigenvalue weighted by Gasteiger charge is 2.23. The maximum atomic E-state index is 12.3. The van der Waals surface area contributed by atoms with E-state index in [0.29, 0.717) is 17.5 Å². The largest absolute Gasteiger partial charge is 0.357 e. The Morgan fingerprint density at radius 3 is 3.06 bits per heavy atom. The van der Waals surface area contributed by atoms with E-state index < -0.39 is 9.73 Å². The normalized spacial score (nSPS) is 23.3. The van der Waals surface area contributed by atoms with Crippen molar-refractivity contribution in [1.82, 2.24) is 5.32 Å². The first-order chi connectivity index (χ1) is 8.54. The minimum absolute atomic E-state index is 0.320. The van der Waals surface area contributed by atoms with Gasteiger partial charge >= 0.3 is 0 Å². The summed E-state index contributed by atoms with van der Waals surface area (Å²) in [4.78, 5) is 4.91. The van der Waals surface area contributed by atoms with Crippen molar-refractivity contribution in [2.75, 3.05) is 12.8 Å². The predicted molar refractivity (Wildman–Crippen MR) is 78.5 cm³/mol. The summed E-state index contributed by atoms with van der Waals surface area (Å²) in [6, 6.07) is 7.37. The van der Waals surface area contributed by atoms with Crippen molar-refractivity contribution in [3.8, 4) is 0 Å². The van der Waals surface area contributed by atoms with E-state index in [1.807, 2.05) is 24.3 Å². The summed E-state index contributed by atoms with van der Waals surface area (Å²) in [5, 5.41) is 3.21. The number of thiocarbonyl (C=S) groups is 1. The van der Waals surface area contributed by atoms with E-state index in [-0.39, 0.29) is 0 Å². The third-order valence-corrected chi connectivity index (χ3v) is 4.33. The van der Waals surface area contributed by atoms with Gasteiger partial charge in [0.2, 0.25) is 0 Å². The molecule has 6 heteroatoms. The Hall–Kier alpha value is -1.53. The molecule has 1 aliphatic rings. The smallest absolute Gasteiger partial charge is 0.195 e. The Labute approximate surface area is 112 Å². The second-order valence-electron chi connectivity index (χ2n) is 3.80. The summed E-state index contributed by atoms with van der Waals surface area (Å²) in [6.07, 6.45) is 3.30. The lowest BCUT2D eigenvalue weighted by Gasteiger charge is -2.00. The number of hydrogen-bond donors (Lipinski definition) is 1. The molecular weight excluding hydrogens is 266 g/mol. The van der Waals surface area contributed by atoms with Gasteiger partial charge in [-0.05, 0) is 24.4 Å². The number of fused-ring (bicyclic) bond motifs is 1. The molecule has 1 heterocycles. The number of rotatable bonds is 2. The maximum absolute atomic E-state index is 12.3. The van der Waals surface area contributed by atoms with E-state index >= 15 is 0 Å². The summed E-state index contributed by atoms with van der Waals surface area (Å²) >= 11 is 5.06. The van der Waals surface area contributed by atoms with Gasteiger partial charge in [-0.25, -0.2) is 4.21 Å². The van der Waals surface area contributed by atoms with Crippen molar-refractivity contribution in [2.45, 2.75) is 4.90 Å². The standard InChI is InChI=1S/C12H13N3OS2/c1-3-8-13-12(17)14-11-9-6-4-5-7-10(9)18(2,16)15-11/h3-7H,1,8H2,2H3,(H,13,17)/b14-11-. The van der Waals surface area contributed by atoms with Gasteiger partial charge in [0.1, 0.15) is 0 Å². The van der Waals surface area contributed by atoms with Gasteiger partial charge in [-0.3, -0.25) is 0 Å². The van der Waals surface area contributed by atoms with E-state index in [9.17, 15) is 4.21 Å². The van der Waals surface area contributed by atoms with Gasteiger partial charge in [0, 0.05) is 18.4 Å². The van der Waals surface area contributed by atoms with Crippen molar-refractivity contribution >= 4 is 32.9 Å². The third-order valence-electron chi connectivity index (χ3n) is 2.40. The lowest BCUT2D eigenvalue weighted by atomic mass is 10.2. The van der Waals surface area contributed by atoms with Gasteiger partial charge in [0.05, 0.1) is 14.6 Å². The van der Waals surface area contributed by atoms with Crippen LogP contribution in [0.15, 0.2) is 51.2 Å². The first kappa shape index (κ1) is 12.9. The summed E-state index contributed by atoms with van der Waals surface area (Å²) in [5.41, 5.74) is 0.785. The zero-order valence-corrected chi connectivity index (χ0v) is 11.6. The molecule has 1 atom stereocenters. The molecule has 94 valence electrons. The molecule has 2 rings (SSSR count). The molecule has 1 unspecified atom stereocenters. The molecule has 1 aromatic rings. The van der Waals surface area contributed by atoms with Crippen LogP contribution in [-0.4, -0.2) is 28.0 Å². The van der Waals surface area contributed by atoms with Crippen molar-refractivity contribution in [2.24, 2.45) is 9.36 Å². The molecule has 0 aromatic heterocycles. The highest BCUT2D eigenvalue weighted by molar-refractivity contribution is 7.93. The molecule has 0 bridgehead atoms. The minimum atomic E-state index is -2.38. The van der Waals surface area contributed by atoms with E-state index in [0.717, 1.165) is 10.5 Å². The van der Waals surface area contributed by atoms with Crippen LogP contribution in [-0.2, 0) is 9.73 Å². The summed E-state index contributed by atoms with van der Waals surface area (Å²) in [5.74, 6) is 0.430. The van der Waals surface area contributed by atoms with Crippen LogP contribution in [0, 0.1) is 0 Å². The third kappa shape index (κ3) is 2.49. The van der Waals surface area contributed by atoms with Crippen molar-refractivity contribution in [3.63, 3.8) is 0 Å². The molecule has 0 saturated carbocycles. The van der Waals surface area contributed by atoms with E-state index in [1.54, 1.807) is 12.3 Å². The molecule has 4 nitrogen and oxygen atoms in total. The second kappa shape index (κ2) is 4.99. The van der Waals surface area contributed by atoms with Crippen LogP contribution in [0.4, 0.5) is 0 Å². The van der Waals surface area contributed by atoms with Crippen LogP contribution >= 0.6 is 12.2 Å². The van der Waals surface area contributed by atoms with Crippen LogP contribution in [0.25, 0.3) is 0 Å². The molecule has 1 aromatic carbocycles. The van der Waals surface area contributed by atoms with Gasteiger partial charge in [-0.15, -0.1) is 6.58 Å². The second-order valence-corrected chi connectivity index (χ2v) is 6.41. The molecule has 0 amide bonds. The van der Waals surface area contributed by atoms with Crippen molar-refractivity contribution in [1.29, 1.82) is 0 Å². The van der Waals surface area contributed by atoms with Crippen LogP contribution in [0.1, 0.15) is 5.56 Å². The lowest BCUT2D eigenvalue weighted by molar-refractivity contribution is 0.682. The van der Waals surface area contributed by atoms with E-state index in [1.165, 1.54) is 0 Å². The monoisotopic (exact) mass is 279 g/mol. The van der Waals surface area contributed by atoms with Gasteiger partial charge in [0.25, 0.3) is 0 Å². The fraction of sp³-hybridized carbons (Fsp3) is 0.167. The topological polar surface area (TPSA) is 53.8 Å². The average molecular weight is 279 g/mol. The summed E-state index contributed by atoms with van der Waals surface area (Å²) < 4.78 is 16.4. The molecule has 18 heavy (non-hydrogen) atoms. The molecule has 0 aliphatic carbocycles. The summed E-state index contributed by atoms with van der Waals surface area (Å²) in [7, 11) is -2.38. The van der Waals surface area contributed by atoms with Crippen LogP contribution in [0.5, 0.6) is 0 Å². The maximum Gasteiger partial charge on any atom is 0.195 e. The predicted octanol–water partition coefficient (Wildman–Crippen LogP) is 1.96. The number of aliphatic imine (C=N–C) groups is 1. The van der Waals surface area contributed by atoms with Gasteiger partial charge in [-0.2, -0.15) is 9.36 Å². The average Bonchev–Trinajstić information content (AvgIpc) is 2.59. The Morgan fingerprint density at radius 2 is 2.33 bits per heavy atom. The van der Waals surface area contributed by atoms with E-state index in [2.05, 4.69) is 21.3 Å². The Balaban J connectivity index is 2.40. The lowest BCUT2D eigenvalue weighted by Crippen LogP contribution is -2.20. The molecule has 1 aliphatic heterocycles. The first-order valence-electron chi connectivity index (χ1n) is 5.33. The Bertz CT molecular complexity index is 655. The number of hydrogen-bond acceptors (Lipinski definition) is 2. The molecule has 1 N–H and O–H groups in total. The molecule has 0 fully saturated rings. The zero-order valence-electron chi connectivity index (χ0n) is 9.92. The summed E-state index contributed by atoms with van der Waals surface area (Å²) in [6.45, 7) is 4.12. The van der Waals surface area contributed by atoms with Crippen molar-refractivity contribution < 1.29 is 4.21 Å².